The summed E-state index contributed by atoms with van der Waals surface area (Å²) in [6.07, 6.45) is -10.5. The van der Waals surface area contributed by atoms with Crippen LogP contribution in [0.4, 0.5) is 26.3 Å². The first-order chi connectivity index (χ1) is 10.9. The van der Waals surface area contributed by atoms with E-state index in [9.17, 15) is 36.2 Å². The van der Waals surface area contributed by atoms with Crippen molar-refractivity contribution in [2.24, 2.45) is 5.92 Å². The molecule has 1 heterocycles. The summed E-state index contributed by atoms with van der Waals surface area (Å²) in [6.45, 7) is 0.0563. The SMILES string of the molecule is O=C(NC1CCC(O)(C(F)(F)F)CC1)[C@H]1CCN[C@@H](C(F)(F)F)C1. The van der Waals surface area contributed by atoms with Gasteiger partial charge in [0.15, 0.2) is 5.60 Å². The van der Waals surface area contributed by atoms with Crippen LogP contribution in [0.25, 0.3) is 0 Å². The van der Waals surface area contributed by atoms with Crippen LogP contribution in [0, 0.1) is 5.92 Å². The van der Waals surface area contributed by atoms with Crippen LogP contribution in [-0.2, 0) is 4.79 Å². The maximum atomic E-state index is 12.7. The quantitative estimate of drug-likeness (QED) is 0.661. The molecule has 1 amide bonds. The van der Waals surface area contributed by atoms with E-state index >= 15 is 0 Å². The van der Waals surface area contributed by atoms with Crippen molar-refractivity contribution in [3.05, 3.63) is 0 Å². The third kappa shape index (κ3) is 4.33. The van der Waals surface area contributed by atoms with E-state index in [1.165, 1.54) is 0 Å². The van der Waals surface area contributed by atoms with E-state index in [1.54, 1.807) is 0 Å². The molecule has 2 aliphatic rings. The first-order valence-corrected chi connectivity index (χ1v) is 7.82. The maximum Gasteiger partial charge on any atom is 0.417 e. The van der Waals surface area contributed by atoms with Gasteiger partial charge in [-0.25, -0.2) is 0 Å². The fraction of sp³-hybridized carbons (Fsp3) is 0.929. The molecule has 1 aliphatic heterocycles. The van der Waals surface area contributed by atoms with Crippen molar-refractivity contribution in [2.75, 3.05) is 6.54 Å². The second-order valence-corrected chi connectivity index (χ2v) is 6.58. The predicted octanol–water partition coefficient (Wildman–Crippen LogP) is 2.27. The van der Waals surface area contributed by atoms with E-state index < -0.39 is 54.7 Å². The molecule has 0 radical (unpaired) electrons. The summed E-state index contributed by atoms with van der Waals surface area (Å²) >= 11 is 0. The molecule has 3 N–H and O–H groups in total. The zero-order chi connectivity index (χ0) is 18.2. The van der Waals surface area contributed by atoms with E-state index in [0.29, 0.717) is 0 Å². The van der Waals surface area contributed by atoms with Crippen molar-refractivity contribution in [3.8, 4) is 0 Å². The molecule has 0 aromatic carbocycles. The number of rotatable bonds is 2. The molecule has 0 unspecified atom stereocenters. The predicted molar refractivity (Wildman–Crippen MR) is 72.0 cm³/mol. The molecule has 0 aromatic heterocycles. The average molecular weight is 362 g/mol. The molecule has 2 rings (SSSR count). The summed E-state index contributed by atoms with van der Waals surface area (Å²) in [5.41, 5.74) is -2.75. The smallest absolute Gasteiger partial charge is 0.380 e. The van der Waals surface area contributed by atoms with Crippen molar-refractivity contribution >= 4 is 5.91 Å². The van der Waals surface area contributed by atoms with E-state index in [2.05, 4.69) is 10.6 Å². The van der Waals surface area contributed by atoms with Crippen LogP contribution in [0.5, 0.6) is 0 Å². The van der Waals surface area contributed by atoms with Gasteiger partial charge in [0.1, 0.15) is 6.04 Å². The number of amides is 1. The summed E-state index contributed by atoms with van der Waals surface area (Å²) < 4.78 is 76.2. The number of hydrogen-bond acceptors (Lipinski definition) is 3. The van der Waals surface area contributed by atoms with E-state index in [1.807, 2.05) is 0 Å². The normalized spacial score (nSPS) is 35.5. The molecule has 24 heavy (non-hydrogen) atoms. The molecule has 4 nitrogen and oxygen atoms in total. The molecular weight excluding hydrogens is 342 g/mol. The lowest BCUT2D eigenvalue weighted by molar-refractivity contribution is -0.270. The maximum absolute atomic E-state index is 12.7. The van der Waals surface area contributed by atoms with Gasteiger partial charge >= 0.3 is 12.4 Å². The topological polar surface area (TPSA) is 61.4 Å². The van der Waals surface area contributed by atoms with Gasteiger partial charge in [0, 0.05) is 12.0 Å². The molecule has 0 aromatic rings. The highest BCUT2D eigenvalue weighted by Crippen LogP contribution is 2.41. The third-order valence-electron chi connectivity index (χ3n) is 4.86. The Morgan fingerprint density at radius 1 is 1.08 bits per heavy atom. The highest BCUT2D eigenvalue weighted by molar-refractivity contribution is 5.79. The number of piperidine rings is 1. The molecule has 1 aliphatic carbocycles. The lowest BCUT2D eigenvalue weighted by Crippen LogP contribution is -2.54. The van der Waals surface area contributed by atoms with Gasteiger partial charge in [0.2, 0.25) is 5.91 Å². The van der Waals surface area contributed by atoms with Crippen LogP contribution in [0.1, 0.15) is 38.5 Å². The molecule has 0 spiro atoms. The Hall–Kier alpha value is -1.03. The van der Waals surface area contributed by atoms with Gasteiger partial charge in [0.25, 0.3) is 0 Å². The summed E-state index contributed by atoms with van der Waals surface area (Å²) in [4.78, 5) is 12.1. The van der Waals surface area contributed by atoms with Gasteiger partial charge in [-0.3, -0.25) is 4.79 Å². The minimum atomic E-state index is -4.73. The fourth-order valence-electron chi connectivity index (χ4n) is 3.25. The zero-order valence-corrected chi connectivity index (χ0v) is 12.8. The minimum Gasteiger partial charge on any atom is -0.380 e. The van der Waals surface area contributed by atoms with Crippen molar-refractivity contribution < 1.29 is 36.2 Å². The minimum absolute atomic E-state index is 0.0563. The number of halogens is 6. The molecular formula is C14H20F6N2O2. The fourth-order valence-corrected chi connectivity index (χ4v) is 3.25. The van der Waals surface area contributed by atoms with Crippen molar-refractivity contribution in [1.82, 2.24) is 10.6 Å². The monoisotopic (exact) mass is 362 g/mol. The van der Waals surface area contributed by atoms with E-state index in [0.717, 1.165) is 0 Å². The second-order valence-electron chi connectivity index (χ2n) is 6.58. The number of carbonyl (C=O) groups excluding carboxylic acids is 1. The van der Waals surface area contributed by atoms with Gasteiger partial charge in [-0.1, -0.05) is 0 Å². The molecule has 1 saturated heterocycles. The third-order valence-corrected chi connectivity index (χ3v) is 4.86. The molecule has 2 fully saturated rings. The van der Waals surface area contributed by atoms with Crippen LogP contribution in [0.2, 0.25) is 0 Å². The number of carbonyl (C=O) groups is 1. The highest BCUT2D eigenvalue weighted by Gasteiger charge is 2.54. The first-order valence-electron chi connectivity index (χ1n) is 7.82. The standard InChI is InChI=1S/C14H20F6N2O2/c15-13(16,17)10-7-8(3-6-21-10)11(23)22-9-1-4-12(24,5-2-9)14(18,19)20/h8-10,21,24H,1-7H2,(H,22,23)/t8-,9?,10+,12?/m0/s1. The van der Waals surface area contributed by atoms with Gasteiger partial charge in [-0.05, 0) is 45.1 Å². The summed E-state index contributed by atoms with van der Waals surface area (Å²) in [6, 6.07) is -2.30. The Morgan fingerprint density at radius 2 is 1.67 bits per heavy atom. The van der Waals surface area contributed by atoms with Crippen LogP contribution in [0.15, 0.2) is 0 Å². The van der Waals surface area contributed by atoms with E-state index in [-0.39, 0.29) is 32.2 Å². The van der Waals surface area contributed by atoms with E-state index in [4.69, 9.17) is 0 Å². The Kier molecular flexibility index (Phi) is 5.39. The van der Waals surface area contributed by atoms with Gasteiger partial charge in [0.05, 0.1) is 0 Å². The lowest BCUT2D eigenvalue weighted by Gasteiger charge is -2.38. The van der Waals surface area contributed by atoms with Crippen LogP contribution >= 0.6 is 0 Å². The first kappa shape index (κ1) is 19.3. The van der Waals surface area contributed by atoms with Crippen molar-refractivity contribution in [1.29, 1.82) is 0 Å². The second kappa shape index (κ2) is 6.70. The number of alkyl halides is 6. The molecule has 0 bridgehead atoms. The van der Waals surface area contributed by atoms with Crippen molar-refractivity contribution in [3.63, 3.8) is 0 Å². The Bertz CT molecular complexity index is 457. The average Bonchev–Trinajstić information content (AvgIpc) is 2.48. The Morgan fingerprint density at radius 3 is 2.17 bits per heavy atom. The van der Waals surface area contributed by atoms with Gasteiger partial charge in [-0.2, -0.15) is 26.3 Å². The highest BCUT2D eigenvalue weighted by atomic mass is 19.4. The molecule has 2 atom stereocenters. The van der Waals surface area contributed by atoms with Crippen LogP contribution in [-0.4, -0.2) is 47.6 Å². The Labute approximate surface area is 135 Å². The Balaban J connectivity index is 1.86. The largest absolute Gasteiger partial charge is 0.417 e. The summed E-state index contributed by atoms with van der Waals surface area (Å²) in [5.74, 6) is -1.38. The summed E-state index contributed by atoms with van der Waals surface area (Å²) in [7, 11) is 0. The lowest BCUT2D eigenvalue weighted by atomic mass is 9.81. The summed E-state index contributed by atoms with van der Waals surface area (Å²) in [5, 5.41) is 14.4. The van der Waals surface area contributed by atoms with Crippen molar-refractivity contribution in [2.45, 2.75) is 68.6 Å². The van der Waals surface area contributed by atoms with Crippen LogP contribution < -0.4 is 10.6 Å². The molecule has 1 saturated carbocycles. The van der Waals surface area contributed by atoms with Gasteiger partial charge in [-0.15, -0.1) is 0 Å². The van der Waals surface area contributed by atoms with Crippen LogP contribution in [0.3, 0.4) is 0 Å². The number of aliphatic hydroxyl groups is 1. The van der Waals surface area contributed by atoms with Gasteiger partial charge < -0.3 is 15.7 Å². The molecule has 10 heteroatoms. The molecule has 140 valence electrons. The zero-order valence-electron chi connectivity index (χ0n) is 12.8. The number of nitrogens with one attached hydrogen (secondary N) is 2. The number of hydrogen-bond donors (Lipinski definition) is 3.